The molecule has 0 spiro atoms. The van der Waals surface area contributed by atoms with E-state index in [4.69, 9.17) is 4.74 Å². The molecular weight excluding hydrogens is 531 g/mol. The number of aliphatic hydroxyl groups is 1. The van der Waals surface area contributed by atoms with Crippen molar-refractivity contribution in [2.24, 2.45) is 0 Å². The zero-order valence-electron chi connectivity index (χ0n) is 19.8. The summed E-state index contributed by atoms with van der Waals surface area (Å²) in [5.74, 6) is -0.516. The van der Waals surface area contributed by atoms with Gasteiger partial charge in [-0.3, -0.25) is 0 Å². The number of hydrogen-bond acceptors (Lipinski definition) is 3. The molecule has 0 aromatic heterocycles. The minimum Gasteiger partial charge on any atom is -0.445 e. The third-order valence-corrected chi connectivity index (χ3v) is 7.72. The van der Waals surface area contributed by atoms with Crippen molar-refractivity contribution in [1.82, 2.24) is 4.90 Å². The Bertz CT molecular complexity index is 1240. The summed E-state index contributed by atoms with van der Waals surface area (Å²) in [7, 11) is 2.70. The van der Waals surface area contributed by atoms with Crippen LogP contribution in [0, 0.1) is 0 Å². The summed E-state index contributed by atoms with van der Waals surface area (Å²) >= 11 is 0. The first kappa shape index (κ1) is 27.9. The Morgan fingerprint density at radius 1 is 0.895 bits per heavy atom. The first-order valence-electron chi connectivity index (χ1n) is 11.5. The Kier molecular flexibility index (Phi) is 7.51. The average Bonchev–Trinajstić information content (AvgIpc) is 3.25. The van der Waals surface area contributed by atoms with Crippen molar-refractivity contribution in [3.8, 4) is 0 Å². The number of likely N-dealkylation sites (tertiary alicyclic amines) is 1. The molecule has 1 heterocycles. The molecule has 1 unspecified atom stereocenters. The molecule has 0 bridgehead atoms. The molecule has 4 nitrogen and oxygen atoms in total. The highest BCUT2D eigenvalue weighted by Crippen LogP contribution is 2.52. The van der Waals surface area contributed by atoms with Gasteiger partial charge in [-0.05, 0) is 16.7 Å². The molecule has 1 fully saturated rings. The molecule has 0 radical (unpaired) electrons. The molecule has 3 aromatic rings. The van der Waals surface area contributed by atoms with E-state index >= 15 is 0 Å². The lowest BCUT2D eigenvalue weighted by atomic mass is 9.82. The van der Waals surface area contributed by atoms with E-state index in [0.717, 1.165) is 23.3 Å². The van der Waals surface area contributed by atoms with Crippen LogP contribution in [0.25, 0.3) is 0 Å². The molecule has 4 rings (SSSR count). The summed E-state index contributed by atoms with van der Waals surface area (Å²) in [6.45, 7) is 0.323. The van der Waals surface area contributed by atoms with Gasteiger partial charge in [0, 0.05) is 29.7 Å². The number of hydrogen-bond donors (Lipinski definition) is 1. The Morgan fingerprint density at radius 3 is 1.95 bits per heavy atom. The lowest BCUT2D eigenvalue weighted by molar-refractivity contribution is -0.376. The number of carbonyl (C=O) groups is 1. The van der Waals surface area contributed by atoms with Crippen LogP contribution >= 0.6 is 9.24 Å². The number of nitrogens with zero attached hydrogens (tertiary/aromatic N) is 1. The molecule has 3 aromatic carbocycles. The number of rotatable bonds is 5. The summed E-state index contributed by atoms with van der Waals surface area (Å²) < 4.78 is 85.5. The fourth-order valence-electron chi connectivity index (χ4n) is 4.71. The van der Waals surface area contributed by atoms with Crippen LogP contribution in [0.5, 0.6) is 0 Å². The smallest absolute Gasteiger partial charge is 0.430 e. The van der Waals surface area contributed by atoms with E-state index < -0.39 is 40.7 Å². The van der Waals surface area contributed by atoms with E-state index in [0.29, 0.717) is 17.7 Å². The molecular formula is C27H24F6NO3P. The van der Waals surface area contributed by atoms with Crippen LogP contribution in [0.4, 0.5) is 31.1 Å². The number of alkyl halides is 6. The quantitative estimate of drug-likeness (QED) is 0.289. The predicted molar refractivity (Wildman–Crippen MR) is 131 cm³/mol. The number of benzene rings is 3. The van der Waals surface area contributed by atoms with E-state index in [2.05, 4.69) is 9.24 Å². The number of ether oxygens (including phenoxy) is 1. The van der Waals surface area contributed by atoms with Gasteiger partial charge in [0.1, 0.15) is 6.61 Å². The minimum atomic E-state index is -5.98. The Balaban J connectivity index is 1.65. The Labute approximate surface area is 217 Å². The molecule has 1 amide bonds. The second-order valence-electron chi connectivity index (χ2n) is 9.21. The van der Waals surface area contributed by atoms with Crippen LogP contribution in [0.2, 0.25) is 0 Å². The molecule has 1 aliphatic rings. The third kappa shape index (κ3) is 5.12. The maximum absolute atomic E-state index is 13.3. The first-order valence-corrected chi connectivity index (χ1v) is 12.1. The number of amides is 1. The van der Waals surface area contributed by atoms with Gasteiger partial charge in [0.15, 0.2) is 0 Å². The van der Waals surface area contributed by atoms with Crippen LogP contribution in [0.3, 0.4) is 0 Å². The number of halogens is 6. The maximum atomic E-state index is 13.3. The van der Waals surface area contributed by atoms with Crippen molar-refractivity contribution in [2.75, 3.05) is 13.1 Å². The third-order valence-electron chi connectivity index (χ3n) is 6.80. The summed E-state index contributed by atoms with van der Waals surface area (Å²) in [6.07, 6.45) is -12.6. The van der Waals surface area contributed by atoms with Crippen molar-refractivity contribution < 1.29 is 41.0 Å². The summed E-state index contributed by atoms with van der Waals surface area (Å²) in [5.41, 5.74) is -4.36. The molecule has 11 heteroatoms. The molecule has 1 saturated heterocycles. The predicted octanol–water partition coefficient (Wildman–Crippen LogP) is 6.51. The Morgan fingerprint density at radius 2 is 1.42 bits per heavy atom. The lowest BCUT2D eigenvalue weighted by Crippen LogP contribution is -2.53. The second kappa shape index (κ2) is 10.2. The van der Waals surface area contributed by atoms with Gasteiger partial charge in [0.2, 0.25) is 0 Å². The largest absolute Gasteiger partial charge is 0.445 e. The standard InChI is InChI=1S/C27H24F6NO3P/c28-26(29,30)25(36,27(31,32)33)21-13-11-19(12-14-21)22-15-34(17-24(22,38)20-9-5-2-6-10-20)23(35)37-16-18-7-3-1-4-8-18/h1-14,22,36H,15-17,38H2/t22-,24-/m0/s1. The van der Waals surface area contributed by atoms with Gasteiger partial charge < -0.3 is 14.7 Å². The van der Waals surface area contributed by atoms with Gasteiger partial charge in [0.05, 0.1) is 0 Å². The lowest BCUT2D eigenvalue weighted by Gasteiger charge is -2.34. The molecule has 3 atom stereocenters. The zero-order valence-corrected chi connectivity index (χ0v) is 21.0. The van der Waals surface area contributed by atoms with Crippen molar-refractivity contribution in [2.45, 2.75) is 35.6 Å². The summed E-state index contributed by atoms with van der Waals surface area (Å²) in [4.78, 5) is 14.4. The van der Waals surface area contributed by atoms with Crippen molar-refractivity contribution >= 4 is 15.3 Å². The van der Waals surface area contributed by atoms with Crippen molar-refractivity contribution in [1.29, 1.82) is 0 Å². The van der Waals surface area contributed by atoms with Crippen LogP contribution in [0.1, 0.15) is 28.2 Å². The van der Waals surface area contributed by atoms with Gasteiger partial charge in [-0.2, -0.15) is 26.3 Å². The normalized spacial score (nSPS) is 20.4. The van der Waals surface area contributed by atoms with Gasteiger partial charge in [-0.1, -0.05) is 84.9 Å². The molecule has 202 valence electrons. The highest BCUT2D eigenvalue weighted by atomic mass is 31.0. The first-order chi connectivity index (χ1) is 17.8. The van der Waals surface area contributed by atoms with Gasteiger partial charge in [0.25, 0.3) is 5.60 Å². The average molecular weight is 555 g/mol. The minimum absolute atomic E-state index is 0.0399. The van der Waals surface area contributed by atoms with Crippen LogP contribution in [0.15, 0.2) is 84.9 Å². The van der Waals surface area contributed by atoms with Crippen LogP contribution < -0.4 is 0 Å². The zero-order chi connectivity index (χ0) is 27.8. The fourth-order valence-corrected chi connectivity index (χ4v) is 5.42. The molecule has 38 heavy (non-hydrogen) atoms. The Hall–Kier alpha value is -3.10. The van der Waals surface area contributed by atoms with E-state index in [1.807, 2.05) is 18.2 Å². The van der Waals surface area contributed by atoms with Crippen LogP contribution in [-0.4, -0.2) is 41.5 Å². The summed E-state index contributed by atoms with van der Waals surface area (Å²) in [6, 6.07) is 21.6. The topological polar surface area (TPSA) is 49.8 Å². The molecule has 1 N–H and O–H groups in total. The number of carbonyl (C=O) groups excluding carboxylic acids is 1. The monoisotopic (exact) mass is 555 g/mol. The van der Waals surface area contributed by atoms with Gasteiger partial charge in [-0.15, -0.1) is 9.24 Å². The summed E-state index contributed by atoms with van der Waals surface area (Å²) in [5, 5.41) is 8.93. The second-order valence-corrected chi connectivity index (χ2v) is 10.2. The molecule has 0 aliphatic carbocycles. The highest BCUT2D eigenvalue weighted by Gasteiger charge is 2.71. The van der Waals surface area contributed by atoms with E-state index in [-0.39, 0.29) is 19.7 Å². The van der Waals surface area contributed by atoms with E-state index in [9.17, 15) is 36.2 Å². The SMILES string of the molecule is O=C(OCc1ccccc1)N1C[C@@H](c2ccc(C(O)(C(F)(F)F)C(F)(F)F)cc2)[C@@](P)(c2ccccc2)C1. The van der Waals surface area contributed by atoms with Crippen LogP contribution in [-0.2, 0) is 22.1 Å². The van der Waals surface area contributed by atoms with Gasteiger partial charge in [-0.25, -0.2) is 4.79 Å². The highest BCUT2D eigenvalue weighted by molar-refractivity contribution is 7.18. The molecule has 0 saturated carbocycles. The van der Waals surface area contributed by atoms with Crippen molar-refractivity contribution in [3.05, 3.63) is 107 Å². The van der Waals surface area contributed by atoms with Gasteiger partial charge >= 0.3 is 18.4 Å². The molecule has 1 aliphatic heterocycles. The van der Waals surface area contributed by atoms with E-state index in [1.165, 1.54) is 4.90 Å². The van der Waals surface area contributed by atoms with E-state index in [1.54, 1.807) is 42.5 Å². The fraction of sp³-hybridized carbons (Fsp3) is 0.296. The maximum Gasteiger partial charge on any atom is 0.430 e. The van der Waals surface area contributed by atoms with Crippen molar-refractivity contribution in [3.63, 3.8) is 0 Å².